The summed E-state index contributed by atoms with van der Waals surface area (Å²) in [5.41, 5.74) is 7.44. The van der Waals surface area contributed by atoms with Gasteiger partial charge in [-0.15, -0.1) is 11.3 Å². The van der Waals surface area contributed by atoms with Crippen LogP contribution < -0.4 is 5.73 Å². The van der Waals surface area contributed by atoms with Crippen LogP contribution in [0.2, 0.25) is 0 Å². The standard InChI is InChI=1S/C13H15BrN2S2/c1-8-5-7-17-11(8)12(9(2)15)18-13-10(14)4-3-6-16-13/h3-7,9,12H,15H2,1-2H3. The van der Waals surface area contributed by atoms with E-state index in [0.29, 0.717) is 0 Å². The summed E-state index contributed by atoms with van der Waals surface area (Å²) in [5, 5.41) is 3.36. The number of hydrogen-bond donors (Lipinski definition) is 1. The molecule has 5 heteroatoms. The molecule has 0 fully saturated rings. The van der Waals surface area contributed by atoms with Crippen LogP contribution >= 0.6 is 39.0 Å². The number of thioether (sulfide) groups is 1. The maximum absolute atomic E-state index is 6.14. The first-order valence-corrected chi connectivity index (χ1v) is 8.21. The maximum Gasteiger partial charge on any atom is 0.111 e. The second kappa shape index (κ2) is 6.19. The zero-order chi connectivity index (χ0) is 13.1. The molecule has 0 radical (unpaired) electrons. The molecule has 0 aliphatic heterocycles. The largest absolute Gasteiger partial charge is 0.327 e. The maximum atomic E-state index is 6.14. The Labute approximate surface area is 124 Å². The van der Waals surface area contributed by atoms with Crippen molar-refractivity contribution in [3.63, 3.8) is 0 Å². The van der Waals surface area contributed by atoms with Crippen LogP contribution in [-0.2, 0) is 0 Å². The topological polar surface area (TPSA) is 38.9 Å². The van der Waals surface area contributed by atoms with Gasteiger partial charge in [-0.3, -0.25) is 0 Å². The molecule has 2 aromatic rings. The summed E-state index contributed by atoms with van der Waals surface area (Å²) in [7, 11) is 0. The lowest BCUT2D eigenvalue weighted by molar-refractivity contribution is 0.726. The van der Waals surface area contributed by atoms with Gasteiger partial charge in [0.05, 0.1) is 5.25 Å². The lowest BCUT2D eigenvalue weighted by Gasteiger charge is -2.20. The second-order valence-electron chi connectivity index (χ2n) is 4.16. The van der Waals surface area contributed by atoms with Crippen molar-refractivity contribution in [3.05, 3.63) is 44.7 Å². The van der Waals surface area contributed by atoms with Crippen LogP contribution in [0.4, 0.5) is 0 Å². The number of aromatic nitrogens is 1. The van der Waals surface area contributed by atoms with E-state index in [1.807, 2.05) is 25.3 Å². The Morgan fingerprint density at radius 2 is 2.22 bits per heavy atom. The van der Waals surface area contributed by atoms with Gasteiger partial charge in [-0.25, -0.2) is 4.98 Å². The molecule has 2 nitrogen and oxygen atoms in total. The van der Waals surface area contributed by atoms with E-state index in [9.17, 15) is 0 Å². The normalized spacial score (nSPS) is 14.4. The third-order valence-electron chi connectivity index (χ3n) is 2.60. The van der Waals surface area contributed by atoms with Crippen LogP contribution in [0.15, 0.2) is 39.3 Å². The summed E-state index contributed by atoms with van der Waals surface area (Å²) in [6, 6.07) is 6.16. The number of nitrogens with zero attached hydrogens (tertiary/aromatic N) is 1. The molecule has 2 unspecified atom stereocenters. The lowest BCUT2D eigenvalue weighted by atomic mass is 10.1. The molecular weight excluding hydrogens is 328 g/mol. The molecule has 0 amide bonds. The van der Waals surface area contributed by atoms with Crippen molar-refractivity contribution in [2.45, 2.75) is 30.2 Å². The van der Waals surface area contributed by atoms with Crippen LogP contribution in [0.1, 0.15) is 22.6 Å². The van der Waals surface area contributed by atoms with Gasteiger partial charge in [-0.2, -0.15) is 0 Å². The van der Waals surface area contributed by atoms with Gasteiger partial charge in [0.2, 0.25) is 0 Å². The highest BCUT2D eigenvalue weighted by Gasteiger charge is 2.22. The highest BCUT2D eigenvalue weighted by Crippen LogP contribution is 2.42. The fourth-order valence-corrected chi connectivity index (χ4v) is 4.57. The van der Waals surface area contributed by atoms with Crippen LogP contribution in [0.3, 0.4) is 0 Å². The van der Waals surface area contributed by atoms with Gasteiger partial charge in [0.1, 0.15) is 5.03 Å². The third kappa shape index (κ3) is 3.15. The van der Waals surface area contributed by atoms with Gasteiger partial charge in [-0.1, -0.05) is 11.8 Å². The third-order valence-corrected chi connectivity index (χ3v) is 6.22. The molecule has 0 aromatic carbocycles. The molecule has 2 N–H and O–H groups in total. The fraction of sp³-hybridized carbons (Fsp3) is 0.308. The van der Waals surface area contributed by atoms with Crippen LogP contribution in [0.5, 0.6) is 0 Å². The summed E-state index contributed by atoms with van der Waals surface area (Å²) in [6.45, 7) is 4.18. The number of halogens is 1. The zero-order valence-electron chi connectivity index (χ0n) is 10.3. The summed E-state index contributed by atoms with van der Waals surface area (Å²) >= 11 is 7.02. The molecule has 96 valence electrons. The van der Waals surface area contributed by atoms with Crippen molar-refractivity contribution < 1.29 is 0 Å². The average Bonchev–Trinajstić information content (AvgIpc) is 2.74. The molecule has 0 bridgehead atoms. The molecule has 0 saturated carbocycles. The second-order valence-corrected chi connectivity index (χ2v) is 7.09. The first-order chi connectivity index (χ1) is 8.59. The number of rotatable bonds is 4. The monoisotopic (exact) mass is 342 g/mol. The van der Waals surface area contributed by atoms with Gasteiger partial charge >= 0.3 is 0 Å². The van der Waals surface area contributed by atoms with E-state index >= 15 is 0 Å². The Balaban J connectivity index is 2.28. The summed E-state index contributed by atoms with van der Waals surface area (Å²) in [6.07, 6.45) is 1.81. The Bertz CT molecular complexity index is 525. The number of pyridine rings is 1. The predicted octanol–water partition coefficient (Wildman–Crippen LogP) is 4.39. The molecule has 2 aromatic heterocycles. The van der Waals surface area contributed by atoms with Crippen molar-refractivity contribution >= 4 is 39.0 Å². The molecule has 2 rings (SSSR count). The van der Waals surface area contributed by atoms with Gasteiger partial charge in [0, 0.05) is 21.6 Å². The van der Waals surface area contributed by atoms with E-state index in [1.54, 1.807) is 23.1 Å². The summed E-state index contributed by atoms with van der Waals surface area (Å²) in [5.74, 6) is 0. The number of hydrogen-bond acceptors (Lipinski definition) is 4. The molecular formula is C13H15BrN2S2. The van der Waals surface area contributed by atoms with Crippen LogP contribution in [0, 0.1) is 6.92 Å². The molecule has 2 atom stereocenters. The van der Waals surface area contributed by atoms with Crippen LogP contribution in [0.25, 0.3) is 0 Å². The van der Waals surface area contributed by atoms with Crippen molar-refractivity contribution in [1.29, 1.82) is 0 Å². The Kier molecular flexibility index (Phi) is 4.84. The summed E-state index contributed by atoms with van der Waals surface area (Å²) < 4.78 is 1.02. The minimum Gasteiger partial charge on any atom is -0.327 e. The molecule has 0 saturated heterocycles. The zero-order valence-corrected chi connectivity index (χ0v) is 13.5. The SMILES string of the molecule is Cc1ccsc1C(Sc1ncccc1Br)C(C)N. The minimum atomic E-state index is 0.0845. The molecule has 0 aliphatic carbocycles. The van der Waals surface area contributed by atoms with E-state index in [2.05, 4.69) is 39.3 Å². The van der Waals surface area contributed by atoms with Gasteiger partial charge in [-0.05, 0) is 58.9 Å². The first kappa shape index (κ1) is 14.1. The van der Waals surface area contributed by atoms with E-state index in [0.717, 1.165) is 9.50 Å². The molecule has 0 aliphatic rings. The Morgan fingerprint density at radius 3 is 2.78 bits per heavy atom. The lowest BCUT2D eigenvalue weighted by Crippen LogP contribution is -2.22. The van der Waals surface area contributed by atoms with E-state index < -0.39 is 0 Å². The van der Waals surface area contributed by atoms with Crippen molar-refractivity contribution in [3.8, 4) is 0 Å². The van der Waals surface area contributed by atoms with Crippen molar-refractivity contribution in [1.82, 2.24) is 4.98 Å². The fourth-order valence-electron chi connectivity index (χ4n) is 1.65. The number of nitrogens with two attached hydrogens (primary N) is 1. The van der Waals surface area contributed by atoms with Gasteiger partial charge < -0.3 is 5.73 Å². The van der Waals surface area contributed by atoms with Crippen molar-refractivity contribution in [2.24, 2.45) is 5.73 Å². The average molecular weight is 343 g/mol. The molecule has 2 heterocycles. The Morgan fingerprint density at radius 1 is 1.44 bits per heavy atom. The summed E-state index contributed by atoms with van der Waals surface area (Å²) in [4.78, 5) is 5.75. The number of aryl methyl sites for hydroxylation is 1. The molecule has 0 spiro atoms. The van der Waals surface area contributed by atoms with Crippen molar-refractivity contribution in [2.75, 3.05) is 0 Å². The molecule has 18 heavy (non-hydrogen) atoms. The smallest absolute Gasteiger partial charge is 0.111 e. The first-order valence-electron chi connectivity index (χ1n) is 5.66. The van der Waals surface area contributed by atoms with Gasteiger partial charge in [0.25, 0.3) is 0 Å². The Hall–Kier alpha value is -0.360. The van der Waals surface area contributed by atoms with Crippen LogP contribution in [-0.4, -0.2) is 11.0 Å². The highest BCUT2D eigenvalue weighted by molar-refractivity contribution is 9.10. The van der Waals surface area contributed by atoms with Gasteiger partial charge in [0.15, 0.2) is 0 Å². The number of thiophene rings is 1. The highest BCUT2D eigenvalue weighted by atomic mass is 79.9. The predicted molar refractivity (Wildman–Crippen MR) is 83.2 cm³/mol. The van der Waals surface area contributed by atoms with E-state index in [4.69, 9.17) is 5.73 Å². The van der Waals surface area contributed by atoms with E-state index in [-0.39, 0.29) is 11.3 Å². The van der Waals surface area contributed by atoms with E-state index in [1.165, 1.54) is 10.4 Å². The minimum absolute atomic E-state index is 0.0845. The quantitative estimate of drug-likeness (QED) is 0.837.